The Kier molecular flexibility index (Phi) is 7.66. The van der Waals surface area contributed by atoms with Crippen molar-refractivity contribution in [3.8, 4) is 0 Å². The molecule has 0 saturated heterocycles. The molecule has 8 nitrogen and oxygen atoms in total. The van der Waals surface area contributed by atoms with Crippen molar-refractivity contribution in [1.29, 1.82) is 0 Å². The molecule has 2 aromatic rings. The average Bonchev–Trinajstić information content (AvgIpc) is 2.66. The summed E-state index contributed by atoms with van der Waals surface area (Å²) in [5.74, 6) is -1.81. The fourth-order valence-corrected chi connectivity index (χ4v) is 2.48. The quantitative estimate of drug-likeness (QED) is 0.364. The van der Waals surface area contributed by atoms with E-state index in [0.29, 0.717) is 5.02 Å². The first-order valence-electron chi connectivity index (χ1n) is 9.11. The van der Waals surface area contributed by atoms with Crippen molar-refractivity contribution in [2.24, 2.45) is 0 Å². The molecule has 0 spiro atoms. The molecule has 0 bridgehead atoms. The third-order valence-corrected chi connectivity index (χ3v) is 3.89. The Morgan fingerprint density at radius 3 is 2.40 bits per heavy atom. The zero-order valence-electron chi connectivity index (χ0n) is 16.9. The van der Waals surface area contributed by atoms with Gasteiger partial charge in [-0.3, -0.25) is 10.1 Å². The van der Waals surface area contributed by atoms with E-state index in [1.54, 1.807) is 51.1 Å². The lowest BCUT2D eigenvalue weighted by atomic mass is 10.2. The molecule has 2 amide bonds. The topological polar surface area (TPSA) is 120 Å². The first-order valence-corrected chi connectivity index (χ1v) is 9.49. The zero-order valence-corrected chi connectivity index (χ0v) is 17.7. The van der Waals surface area contributed by atoms with Crippen molar-refractivity contribution in [3.05, 3.63) is 59.1 Å². The number of rotatable bonds is 6. The van der Waals surface area contributed by atoms with Crippen molar-refractivity contribution < 1.29 is 23.9 Å². The molecule has 160 valence electrons. The molecular weight excluding hydrogens is 410 g/mol. The van der Waals surface area contributed by atoms with Gasteiger partial charge in [0.2, 0.25) is 6.04 Å². The number of nitrogen functional groups attached to an aromatic ring is 1. The lowest BCUT2D eigenvalue weighted by molar-refractivity contribution is -0.149. The maximum atomic E-state index is 12.7. The minimum absolute atomic E-state index is 0.0707. The van der Waals surface area contributed by atoms with Gasteiger partial charge in [-0.25, -0.2) is 9.59 Å². The molecule has 0 radical (unpaired) electrons. The number of nitrogens with one attached hydrogen (secondary N) is 2. The van der Waals surface area contributed by atoms with Gasteiger partial charge < -0.3 is 20.5 Å². The highest BCUT2D eigenvalue weighted by Gasteiger charge is 2.32. The van der Waals surface area contributed by atoms with Crippen LogP contribution in [-0.2, 0) is 25.7 Å². The monoisotopic (exact) mass is 433 g/mol. The summed E-state index contributed by atoms with van der Waals surface area (Å²) in [4.78, 5) is 37.5. The van der Waals surface area contributed by atoms with E-state index in [0.717, 1.165) is 5.56 Å². The number of benzene rings is 2. The third-order valence-electron chi connectivity index (χ3n) is 3.66. The summed E-state index contributed by atoms with van der Waals surface area (Å²) in [6, 6.07) is 11.7. The maximum absolute atomic E-state index is 12.7. The predicted octanol–water partition coefficient (Wildman–Crippen LogP) is 3.50. The smallest absolute Gasteiger partial charge is 0.408 e. The van der Waals surface area contributed by atoms with E-state index in [9.17, 15) is 14.4 Å². The number of hydrogen-bond donors (Lipinski definition) is 3. The normalized spacial score (nSPS) is 11.9. The zero-order chi connectivity index (χ0) is 22.3. The molecule has 0 saturated carbocycles. The van der Waals surface area contributed by atoms with E-state index >= 15 is 0 Å². The Balaban J connectivity index is 2.16. The van der Waals surface area contributed by atoms with Gasteiger partial charge in [-0.2, -0.15) is 0 Å². The van der Waals surface area contributed by atoms with Crippen LogP contribution in [0.5, 0.6) is 0 Å². The Bertz CT molecular complexity index is 913. The van der Waals surface area contributed by atoms with Crippen LogP contribution >= 0.6 is 11.6 Å². The number of amides is 2. The lowest BCUT2D eigenvalue weighted by Crippen LogP contribution is -2.51. The Labute approximate surface area is 179 Å². The number of hydrogen-bond acceptors (Lipinski definition) is 6. The molecule has 0 aliphatic heterocycles. The summed E-state index contributed by atoms with van der Waals surface area (Å²) in [5, 5.41) is 5.06. The van der Waals surface area contributed by atoms with Gasteiger partial charge in [0.25, 0.3) is 5.91 Å². The van der Waals surface area contributed by atoms with Crippen LogP contribution in [-0.4, -0.2) is 29.6 Å². The largest absolute Gasteiger partial charge is 0.459 e. The molecule has 30 heavy (non-hydrogen) atoms. The molecule has 1 atom stereocenters. The summed E-state index contributed by atoms with van der Waals surface area (Å²) >= 11 is 5.93. The Morgan fingerprint density at radius 1 is 1.10 bits per heavy atom. The van der Waals surface area contributed by atoms with Crippen LogP contribution < -0.4 is 16.4 Å². The molecule has 0 heterocycles. The van der Waals surface area contributed by atoms with E-state index in [1.807, 2.05) is 6.07 Å². The number of carbonyl (C=O) groups excluding carboxylic acids is 3. The summed E-state index contributed by atoms with van der Waals surface area (Å²) in [6.07, 6.45) is -0.946. The van der Waals surface area contributed by atoms with Crippen LogP contribution in [0.2, 0.25) is 5.02 Å². The Hall–Kier alpha value is -3.26. The first kappa shape index (κ1) is 23.0. The van der Waals surface area contributed by atoms with E-state index < -0.39 is 29.6 Å². The van der Waals surface area contributed by atoms with E-state index in [2.05, 4.69) is 10.6 Å². The molecule has 0 aliphatic carbocycles. The molecule has 0 unspecified atom stereocenters. The fraction of sp³-hybridized carbons (Fsp3) is 0.286. The number of nitrogens with two attached hydrogens (primary N) is 1. The van der Waals surface area contributed by atoms with Gasteiger partial charge in [0.05, 0.1) is 11.4 Å². The highest BCUT2D eigenvalue weighted by Crippen LogP contribution is 2.23. The second-order valence-corrected chi connectivity index (χ2v) is 7.83. The average molecular weight is 434 g/mol. The van der Waals surface area contributed by atoms with Crippen molar-refractivity contribution in [1.82, 2.24) is 5.32 Å². The van der Waals surface area contributed by atoms with Crippen LogP contribution in [0, 0.1) is 0 Å². The molecule has 9 heteroatoms. The summed E-state index contributed by atoms with van der Waals surface area (Å²) in [6.45, 7) is 4.89. The standard InChI is InChI=1S/C21H24ClN3O5/c1-21(2,3)30-20(28)25-17(19(27)29-12-13-7-5-4-6-8-13)18(26)24-16-11-14(22)9-10-15(16)23/h4-11,17H,12,23H2,1-3H3,(H,24,26)(H,25,28)/t17-/m0/s1. The fourth-order valence-electron chi connectivity index (χ4n) is 2.31. The lowest BCUT2D eigenvalue weighted by Gasteiger charge is -2.23. The van der Waals surface area contributed by atoms with Crippen LogP contribution in [0.3, 0.4) is 0 Å². The van der Waals surface area contributed by atoms with Crippen LogP contribution in [0.15, 0.2) is 48.5 Å². The number of halogens is 1. The van der Waals surface area contributed by atoms with Gasteiger partial charge in [-0.1, -0.05) is 41.9 Å². The van der Waals surface area contributed by atoms with E-state index in [1.165, 1.54) is 12.1 Å². The number of ether oxygens (including phenoxy) is 2. The SMILES string of the molecule is CC(C)(C)OC(=O)N[C@@H](C(=O)Nc1cc(Cl)ccc1N)C(=O)OCc1ccccc1. The second kappa shape index (κ2) is 9.98. The predicted molar refractivity (Wildman–Crippen MR) is 114 cm³/mol. The number of carbonyl (C=O) groups is 3. The van der Waals surface area contributed by atoms with Crippen LogP contribution in [0.4, 0.5) is 16.2 Å². The number of anilines is 2. The number of alkyl carbamates (subject to hydrolysis) is 1. The molecule has 0 fully saturated rings. The van der Waals surface area contributed by atoms with Crippen molar-refractivity contribution >= 4 is 40.9 Å². The summed E-state index contributed by atoms with van der Waals surface area (Å²) in [5.41, 5.74) is 6.16. The number of esters is 1. The van der Waals surface area contributed by atoms with Crippen LogP contribution in [0.1, 0.15) is 26.3 Å². The molecule has 0 aliphatic rings. The molecular formula is C21H24ClN3O5. The van der Waals surface area contributed by atoms with E-state index in [-0.39, 0.29) is 18.0 Å². The van der Waals surface area contributed by atoms with Crippen molar-refractivity contribution in [3.63, 3.8) is 0 Å². The van der Waals surface area contributed by atoms with Gasteiger partial charge in [0.15, 0.2) is 0 Å². The Morgan fingerprint density at radius 2 is 1.77 bits per heavy atom. The third kappa shape index (κ3) is 7.29. The minimum Gasteiger partial charge on any atom is -0.459 e. The van der Waals surface area contributed by atoms with Crippen molar-refractivity contribution in [2.45, 2.75) is 39.0 Å². The molecule has 2 rings (SSSR count). The summed E-state index contributed by atoms with van der Waals surface area (Å²) in [7, 11) is 0. The van der Waals surface area contributed by atoms with Gasteiger partial charge in [0.1, 0.15) is 12.2 Å². The van der Waals surface area contributed by atoms with Gasteiger partial charge in [-0.05, 0) is 44.5 Å². The summed E-state index contributed by atoms with van der Waals surface area (Å²) < 4.78 is 10.3. The highest BCUT2D eigenvalue weighted by atomic mass is 35.5. The van der Waals surface area contributed by atoms with Gasteiger partial charge in [-0.15, -0.1) is 0 Å². The molecule has 4 N–H and O–H groups in total. The van der Waals surface area contributed by atoms with Crippen molar-refractivity contribution in [2.75, 3.05) is 11.1 Å². The molecule has 0 aromatic heterocycles. The first-order chi connectivity index (χ1) is 14.0. The highest BCUT2D eigenvalue weighted by molar-refractivity contribution is 6.31. The van der Waals surface area contributed by atoms with E-state index in [4.69, 9.17) is 26.8 Å². The maximum Gasteiger partial charge on any atom is 0.408 e. The second-order valence-electron chi connectivity index (χ2n) is 7.39. The molecule has 2 aromatic carbocycles. The minimum atomic E-state index is -1.66. The van der Waals surface area contributed by atoms with Gasteiger partial charge >= 0.3 is 12.1 Å². The van der Waals surface area contributed by atoms with Crippen LogP contribution in [0.25, 0.3) is 0 Å². The van der Waals surface area contributed by atoms with Gasteiger partial charge in [0, 0.05) is 5.02 Å².